The maximum absolute atomic E-state index is 6.29. The third kappa shape index (κ3) is 3.47. The molecule has 0 saturated heterocycles. The first kappa shape index (κ1) is 14.3. The Morgan fingerprint density at radius 3 is 2.83 bits per heavy atom. The van der Waals surface area contributed by atoms with Gasteiger partial charge in [-0.3, -0.25) is 0 Å². The maximum Gasteiger partial charge on any atom is 0.0465 e. The lowest BCUT2D eigenvalue weighted by Crippen LogP contribution is -2.35. The van der Waals surface area contributed by atoms with Gasteiger partial charge in [-0.25, -0.2) is 0 Å². The zero-order valence-electron chi connectivity index (χ0n) is 10.6. The molecule has 1 aromatic carbocycles. The first-order valence-corrected chi connectivity index (χ1v) is 7.68. The zero-order valence-corrected chi connectivity index (χ0v) is 13.0. The number of hydrogen-bond donors (Lipinski definition) is 2. The lowest BCUT2D eigenvalue weighted by Gasteiger charge is -2.23. The van der Waals surface area contributed by atoms with Gasteiger partial charge in [0, 0.05) is 28.1 Å². The molecule has 4 heteroatoms. The number of nitrogens with two attached hydrogens (primary N) is 1. The molecule has 2 nitrogen and oxygen atoms in total. The van der Waals surface area contributed by atoms with Crippen LogP contribution in [0.2, 0.25) is 5.02 Å². The molecule has 0 bridgehead atoms. The Morgan fingerprint density at radius 1 is 1.50 bits per heavy atom. The molecule has 3 unspecified atom stereocenters. The average molecular weight is 332 g/mol. The molecule has 0 aliphatic heterocycles. The molecule has 0 radical (unpaired) electrons. The van der Waals surface area contributed by atoms with Crippen LogP contribution in [-0.2, 0) is 0 Å². The minimum absolute atomic E-state index is 0.154. The van der Waals surface area contributed by atoms with Crippen LogP contribution in [0.1, 0.15) is 37.8 Å². The van der Waals surface area contributed by atoms with E-state index in [2.05, 4.69) is 34.2 Å². The lowest BCUT2D eigenvalue weighted by molar-refractivity contribution is 0.434. The summed E-state index contributed by atoms with van der Waals surface area (Å²) in [5, 5.41) is 4.42. The molecule has 100 valence electrons. The van der Waals surface area contributed by atoms with Gasteiger partial charge in [0.2, 0.25) is 0 Å². The van der Waals surface area contributed by atoms with E-state index in [1.54, 1.807) is 0 Å². The van der Waals surface area contributed by atoms with E-state index in [0.717, 1.165) is 21.0 Å². The number of benzene rings is 1. The molecule has 0 amide bonds. The number of rotatable bonds is 4. The minimum atomic E-state index is 0.154. The highest BCUT2D eigenvalue weighted by molar-refractivity contribution is 9.10. The fourth-order valence-corrected chi connectivity index (χ4v) is 3.52. The van der Waals surface area contributed by atoms with Crippen LogP contribution in [-0.4, -0.2) is 12.6 Å². The van der Waals surface area contributed by atoms with Crippen molar-refractivity contribution in [1.29, 1.82) is 0 Å². The summed E-state index contributed by atoms with van der Waals surface area (Å²) in [6, 6.07) is 6.73. The quantitative estimate of drug-likeness (QED) is 0.878. The lowest BCUT2D eigenvalue weighted by atomic mass is 10.0. The molecule has 0 aromatic heterocycles. The van der Waals surface area contributed by atoms with Gasteiger partial charge in [0.1, 0.15) is 0 Å². The van der Waals surface area contributed by atoms with Crippen LogP contribution in [0.3, 0.4) is 0 Å². The summed E-state index contributed by atoms with van der Waals surface area (Å²) in [7, 11) is 0. The van der Waals surface area contributed by atoms with Crippen LogP contribution in [0.4, 0.5) is 0 Å². The summed E-state index contributed by atoms with van der Waals surface area (Å²) in [5.74, 6) is 0.821. The van der Waals surface area contributed by atoms with Crippen LogP contribution in [0, 0.1) is 5.92 Å². The van der Waals surface area contributed by atoms with Crippen molar-refractivity contribution >= 4 is 27.5 Å². The Labute approximate surface area is 122 Å². The van der Waals surface area contributed by atoms with Gasteiger partial charge < -0.3 is 11.1 Å². The van der Waals surface area contributed by atoms with Gasteiger partial charge in [-0.05, 0) is 42.9 Å². The van der Waals surface area contributed by atoms with E-state index in [0.29, 0.717) is 12.6 Å². The molecule has 1 aliphatic carbocycles. The van der Waals surface area contributed by atoms with Gasteiger partial charge in [0.25, 0.3) is 0 Å². The molecule has 3 atom stereocenters. The fourth-order valence-electron chi connectivity index (χ4n) is 2.71. The normalized spacial score (nSPS) is 25.3. The first-order chi connectivity index (χ1) is 8.60. The van der Waals surface area contributed by atoms with Crippen LogP contribution in [0.5, 0.6) is 0 Å². The second kappa shape index (κ2) is 6.38. The highest BCUT2D eigenvalue weighted by Crippen LogP contribution is 2.30. The molecule has 1 saturated carbocycles. The van der Waals surface area contributed by atoms with Gasteiger partial charge in [-0.2, -0.15) is 0 Å². The van der Waals surface area contributed by atoms with E-state index < -0.39 is 0 Å². The van der Waals surface area contributed by atoms with E-state index in [9.17, 15) is 0 Å². The molecule has 1 aromatic rings. The Hall–Kier alpha value is -0.0900. The molecule has 0 heterocycles. The van der Waals surface area contributed by atoms with Gasteiger partial charge in [0.15, 0.2) is 0 Å². The van der Waals surface area contributed by atoms with E-state index in [1.807, 2.05) is 12.1 Å². The molecular weight excluding hydrogens is 312 g/mol. The molecule has 0 spiro atoms. The van der Waals surface area contributed by atoms with E-state index in [1.165, 1.54) is 19.3 Å². The van der Waals surface area contributed by atoms with Gasteiger partial charge in [0.05, 0.1) is 0 Å². The van der Waals surface area contributed by atoms with E-state index in [-0.39, 0.29) is 6.04 Å². The van der Waals surface area contributed by atoms with Gasteiger partial charge in [-0.1, -0.05) is 40.5 Å². The Bertz CT molecular complexity index is 411. The molecule has 2 rings (SSSR count). The minimum Gasteiger partial charge on any atom is -0.329 e. The van der Waals surface area contributed by atoms with Gasteiger partial charge in [-0.15, -0.1) is 0 Å². The summed E-state index contributed by atoms with van der Waals surface area (Å²) in [4.78, 5) is 0. The second-order valence-electron chi connectivity index (χ2n) is 5.24. The van der Waals surface area contributed by atoms with Gasteiger partial charge >= 0.3 is 0 Å². The second-order valence-corrected chi connectivity index (χ2v) is 6.56. The third-order valence-corrected chi connectivity index (χ3v) is 4.53. The summed E-state index contributed by atoms with van der Waals surface area (Å²) in [5.41, 5.74) is 6.99. The fraction of sp³-hybridized carbons (Fsp3) is 0.571. The Morgan fingerprint density at radius 2 is 2.28 bits per heavy atom. The predicted molar refractivity (Wildman–Crippen MR) is 80.9 cm³/mol. The van der Waals surface area contributed by atoms with Crippen molar-refractivity contribution < 1.29 is 0 Å². The number of hydrogen-bond acceptors (Lipinski definition) is 2. The Balaban J connectivity index is 2.08. The third-order valence-electron chi connectivity index (χ3n) is 3.71. The molecule has 3 N–H and O–H groups in total. The zero-order chi connectivity index (χ0) is 13.1. The molecule has 18 heavy (non-hydrogen) atoms. The van der Waals surface area contributed by atoms with Crippen LogP contribution < -0.4 is 11.1 Å². The standard InChI is InChI=1S/C14H20BrClN2/c1-9-2-4-11(6-9)18-14(8-17)12-5-3-10(15)7-13(12)16/h3,5,7,9,11,14,18H,2,4,6,8,17H2,1H3. The molecular formula is C14H20BrClN2. The molecule has 1 fully saturated rings. The largest absolute Gasteiger partial charge is 0.329 e. The highest BCUT2D eigenvalue weighted by Gasteiger charge is 2.24. The van der Waals surface area contributed by atoms with Crippen molar-refractivity contribution in [3.05, 3.63) is 33.3 Å². The van der Waals surface area contributed by atoms with Crippen molar-refractivity contribution in [2.24, 2.45) is 11.7 Å². The van der Waals surface area contributed by atoms with E-state index in [4.69, 9.17) is 17.3 Å². The highest BCUT2D eigenvalue weighted by atomic mass is 79.9. The summed E-state index contributed by atoms with van der Waals surface area (Å²) < 4.78 is 1.00. The SMILES string of the molecule is CC1CCC(NC(CN)c2ccc(Br)cc2Cl)C1. The van der Waals surface area contributed by atoms with Crippen molar-refractivity contribution in [3.63, 3.8) is 0 Å². The van der Waals surface area contributed by atoms with Crippen molar-refractivity contribution in [2.75, 3.05) is 6.54 Å². The van der Waals surface area contributed by atoms with Crippen molar-refractivity contribution in [2.45, 2.75) is 38.3 Å². The molecule has 1 aliphatic rings. The van der Waals surface area contributed by atoms with Crippen LogP contribution in [0.25, 0.3) is 0 Å². The average Bonchev–Trinajstić information content (AvgIpc) is 2.72. The smallest absolute Gasteiger partial charge is 0.0465 e. The summed E-state index contributed by atoms with van der Waals surface area (Å²) >= 11 is 9.72. The Kier molecular flexibility index (Phi) is 5.07. The number of halogens is 2. The monoisotopic (exact) mass is 330 g/mol. The van der Waals surface area contributed by atoms with E-state index >= 15 is 0 Å². The predicted octanol–water partition coefficient (Wildman–Crippen LogP) is 3.88. The summed E-state index contributed by atoms with van der Waals surface area (Å²) in [6.07, 6.45) is 3.79. The number of nitrogens with one attached hydrogen (secondary N) is 1. The van der Waals surface area contributed by atoms with Crippen molar-refractivity contribution in [3.8, 4) is 0 Å². The topological polar surface area (TPSA) is 38.0 Å². The van der Waals surface area contributed by atoms with Crippen molar-refractivity contribution in [1.82, 2.24) is 5.32 Å². The maximum atomic E-state index is 6.29. The van der Waals surface area contributed by atoms with Crippen LogP contribution >= 0.6 is 27.5 Å². The van der Waals surface area contributed by atoms with Crippen LogP contribution in [0.15, 0.2) is 22.7 Å². The summed E-state index contributed by atoms with van der Waals surface area (Å²) in [6.45, 7) is 2.89. The first-order valence-electron chi connectivity index (χ1n) is 6.51.